The molecule has 3 heteroatoms. The Bertz CT molecular complexity index is 280. The van der Waals surface area contributed by atoms with Crippen LogP contribution in [-0.2, 0) is 4.79 Å². The fraction of sp³-hybridized carbons (Fsp3) is 0.533. The summed E-state index contributed by atoms with van der Waals surface area (Å²) in [6.45, 7) is 10.2. The van der Waals surface area contributed by atoms with E-state index in [9.17, 15) is 4.79 Å². The summed E-state index contributed by atoms with van der Waals surface area (Å²) in [6.07, 6.45) is 9.29. The zero-order valence-electron chi connectivity index (χ0n) is 11.9. The third kappa shape index (κ3) is 9.85. The Labute approximate surface area is 111 Å². The van der Waals surface area contributed by atoms with Crippen LogP contribution >= 0.6 is 0 Å². The van der Waals surface area contributed by atoms with Crippen molar-refractivity contribution in [3.63, 3.8) is 0 Å². The van der Waals surface area contributed by atoms with E-state index in [1.54, 1.807) is 6.08 Å². The average Bonchev–Trinajstić information content (AvgIpc) is 2.39. The molecule has 0 aliphatic heterocycles. The first kappa shape index (κ1) is 19.0. The maximum absolute atomic E-state index is 10.4. The van der Waals surface area contributed by atoms with Gasteiger partial charge in [-0.2, -0.15) is 0 Å². The van der Waals surface area contributed by atoms with E-state index in [1.165, 1.54) is 0 Å². The van der Waals surface area contributed by atoms with Crippen molar-refractivity contribution in [2.45, 2.75) is 40.0 Å². The number of aliphatic carboxylic acids is 1. The van der Waals surface area contributed by atoms with Gasteiger partial charge in [0, 0.05) is 6.42 Å². The van der Waals surface area contributed by atoms with Crippen molar-refractivity contribution in [2.24, 2.45) is 11.7 Å². The van der Waals surface area contributed by atoms with E-state index in [-0.39, 0.29) is 12.3 Å². The van der Waals surface area contributed by atoms with Gasteiger partial charge in [-0.3, -0.25) is 4.79 Å². The van der Waals surface area contributed by atoms with Crippen molar-refractivity contribution in [3.8, 4) is 0 Å². The van der Waals surface area contributed by atoms with Gasteiger partial charge in [0.05, 0.1) is 0 Å². The maximum Gasteiger partial charge on any atom is 0.303 e. The van der Waals surface area contributed by atoms with Crippen molar-refractivity contribution in [3.05, 3.63) is 36.5 Å². The summed E-state index contributed by atoms with van der Waals surface area (Å²) in [5.74, 6) is -0.554. The number of rotatable bonds is 8. The first-order valence-electron chi connectivity index (χ1n) is 6.52. The molecule has 0 aromatic rings. The molecule has 1 atom stereocenters. The van der Waals surface area contributed by atoms with Gasteiger partial charge >= 0.3 is 5.97 Å². The summed E-state index contributed by atoms with van der Waals surface area (Å²) in [5, 5.41) is 8.56. The Morgan fingerprint density at radius 3 is 2.44 bits per heavy atom. The van der Waals surface area contributed by atoms with E-state index in [4.69, 9.17) is 10.8 Å². The van der Waals surface area contributed by atoms with Crippen LogP contribution in [0.4, 0.5) is 0 Å². The quantitative estimate of drug-likeness (QED) is 0.650. The number of hydrogen-bond acceptors (Lipinski definition) is 2. The third-order valence-electron chi connectivity index (χ3n) is 2.42. The van der Waals surface area contributed by atoms with Crippen LogP contribution in [0.15, 0.2) is 36.5 Å². The molecule has 0 bridgehead atoms. The number of carboxylic acid groups (broad SMARTS) is 1. The van der Waals surface area contributed by atoms with Gasteiger partial charge in [0.15, 0.2) is 0 Å². The van der Waals surface area contributed by atoms with Crippen molar-refractivity contribution in [1.29, 1.82) is 0 Å². The largest absolute Gasteiger partial charge is 0.481 e. The summed E-state index contributed by atoms with van der Waals surface area (Å²) < 4.78 is 0. The molecule has 0 amide bonds. The van der Waals surface area contributed by atoms with Crippen molar-refractivity contribution in [1.82, 2.24) is 0 Å². The van der Waals surface area contributed by atoms with Crippen LogP contribution < -0.4 is 5.73 Å². The average molecular weight is 253 g/mol. The fourth-order valence-corrected chi connectivity index (χ4v) is 1.50. The van der Waals surface area contributed by atoms with Crippen LogP contribution in [0.2, 0.25) is 0 Å². The lowest BCUT2D eigenvalue weighted by molar-refractivity contribution is -0.137. The molecule has 0 saturated carbocycles. The molecule has 0 heterocycles. The predicted molar refractivity (Wildman–Crippen MR) is 78.5 cm³/mol. The molecular weight excluding hydrogens is 226 g/mol. The summed E-state index contributed by atoms with van der Waals surface area (Å²) >= 11 is 0. The molecule has 3 nitrogen and oxygen atoms in total. The molecule has 0 unspecified atom stereocenters. The van der Waals surface area contributed by atoms with E-state index in [1.807, 2.05) is 39.0 Å². The van der Waals surface area contributed by atoms with E-state index < -0.39 is 5.97 Å². The topological polar surface area (TPSA) is 63.3 Å². The zero-order chi connectivity index (χ0) is 14.4. The molecule has 18 heavy (non-hydrogen) atoms. The van der Waals surface area contributed by atoms with E-state index >= 15 is 0 Å². The Morgan fingerprint density at radius 1 is 1.44 bits per heavy atom. The first-order chi connectivity index (χ1) is 8.65. The van der Waals surface area contributed by atoms with Crippen molar-refractivity contribution < 1.29 is 9.90 Å². The summed E-state index contributed by atoms with van der Waals surface area (Å²) in [7, 11) is 0. The molecule has 0 aromatic heterocycles. The highest BCUT2D eigenvalue weighted by atomic mass is 16.4. The van der Waals surface area contributed by atoms with Crippen molar-refractivity contribution in [2.75, 3.05) is 6.54 Å². The Hall–Kier alpha value is -1.35. The van der Waals surface area contributed by atoms with Crippen molar-refractivity contribution >= 4 is 5.97 Å². The van der Waals surface area contributed by atoms with Gasteiger partial charge in [0.2, 0.25) is 0 Å². The normalized spacial score (nSPS) is 12.8. The monoisotopic (exact) mass is 253 g/mol. The molecule has 3 N–H and O–H groups in total. The smallest absolute Gasteiger partial charge is 0.303 e. The summed E-state index contributed by atoms with van der Waals surface area (Å²) in [5.41, 5.74) is 6.75. The highest BCUT2D eigenvalue weighted by molar-refractivity contribution is 5.66. The van der Waals surface area contributed by atoms with Crippen LogP contribution in [-0.4, -0.2) is 17.6 Å². The first-order valence-corrected chi connectivity index (χ1v) is 6.52. The van der Waals surface area contributed by atoms with E-state index in [0.717, 1.165) is 12.0 Å². The standard InChI is InChI=1S/C13H21NO2.C2H6/c1-3-5-7-11(4-2)12(10-14)8-6-9-13(15)16;1-2/h3-5,7,12H,2,6,8-10,14H2,1H3,(H,15,16);1-2H3/b5-3-,11-7+;/t12-;/m1./s1. The molecule has 0 aliphatic carbocycles. The van der Waals surface area contributed by atoms with Gasteiger partial charge in [0.1, 0.15) is 0 Å². The molecular formula is C15H27NO2. The number of hydrogen-bond donors (Lipinski definition) is 2. The molecule has 0 saturated heterocycles. The van der Waals surface area contributed by atoms with Gasteiger partial charge in [-0.25, -0.2) is 0 Å². The van der Waals surface area contributed by atoms with Crippen LogP contribution in [0.3, 0.4) is 0 Å². The minimum atomic E-state index is -0.756. The number of carboxylic acids is 1. The van der Waals surface area contributed by atoms with E-state index in [2.05, 4.69) is 6.58 Å². The lowest BCUT2D eigenvalue weighted by Gasteiger charge is -2.15. The SMILES string of the molecule is C=C/C(=C\C=C/C)[C@@H](CN)CCCC(=O)O.CC. The van der Waals surface area contributed by atoms with Crippen LogP contribution in [0, 0.1) is 5.92 Å². The summed E-state index contributed by atoms with van der Waals surface area (Å²) in [6, 6.07) is 0. The molecule has 0 radical (unpaired) electrons. The van der Waals surface area contributed by atoms with Crippen LogP contribution in [0.5, 0.6) is 0 Å². The van der Waals surface area contributed by atoms with Crippen LogP contribution in [0.1, 0.15) is 40.0 Å². The minimum absolute atomic E-state index is 0.199. The predicted octanol–water partition coefficient (Wildman–Crippen LogP) is 3.53. The fourth-order valence-electron chi connectivity index (χ4n) is 1.50. The second kappa shape index (κ2) is 13.7. The van der Waals surface area contributed by atoms with E-state index in [0.29, 0.717) is 13.0 Å². The minimum Gasteiger partial charge on any atom is -0.481 e. The van der Waals surface area contributed by atoms with Gasteiger partial charge in [0.25, 0.3) is 0 Å². The maximum atomic E-state index is 10.4. The van der Waals surface area contributed by atoms with Gasteiger partial charge in [-0.1, -0.05) is 44.7 Å². The molecule has 0 aromatic carbocycles. The second-order valence-electron chi connectivity index (χ2n) is 3.62. The third-order valence-corrected chi connectivity index (χ3v) is 2.42. The van der Waals surface area contributed by atoms with Gasteiger partial charge in [-0.05, 0) is 37.8 Å². The zero-order valence-corrected chi connectivity index (χ0v) is 11.9. The highest BCUT2D eigenvalue weighted by Gasteiger charge is 2.10. The lowest BCUT2D eigenvalue weighted by Crippen LogP contribution is -2.16. The number of allylic oxidation sites excluding steroid dienone is 4. The Kier molecular flexibility index (Phi) is 14.5. The molecule has 0 rings (SSSR count). The Morgan fingerprint density at radius 2 is 2.06 bits per heavy atom. The Balaban J connectivity index is 0. The molecule has 0 aliphatic rings. The number of nitrogens with two attached hydrogens (primary N) is 1. The molecule has 104 valence electrons. The summed E-state index contributed by atoms with van der Waals surface area (Å²) in [4.78, 5) is 10.4. The molecule has 0 spiro atoms. The lowest BCUT2D eigenvalue weighted by atomic mass is 9.93. The number of carbonyl (C=O) groups is 1. The van der Waals surface area contributed by atoms with Crippen LogP contribution in [0.25, 0.3) is 0 Å². The highest BCUT2D eigenvalue weighted by Crippen LogP contribution is 2.18. The second-order valence-corrected chi connectivity index (χ2v) is 3.62. The van der Waals surface area contributed by atoms with Gasteiger partial charge in [-0.15, -0.1) is 0 Å². The molecule has 0 fully saturated rings. The van der Waals surface area contributed by atoms with Gasteiger partial charge < -0.3 is 10.8 Å².